The predicted octanol–water partition coefficient (Wildman–Crippen LogP) is 1.65. The number of carboxylic acids is 1. The lowest BCUT2D eigenvalue weighted by molar-refractivity contribution is 0.0701. The number of thioether (sulfide) groups is 1. The highest BCUT2D eigenvalue weighted by molar-refractivity contribution is 7.99. The molecule has 1 aromatic heterocycles. The van der Waals surface area contributed by atoms with Gasteiger partial charge in [0.15, 0.2) is 0 Å². The summed E-state index contributed by atoms with van der Waals surface area (Å²) >= 11 is 2.83. The Labute approximate surface area is 109 Å². The molecule has 4 nitrogen and oxygen atoms in total. The van der Waals surface area contributed by atoms with Gasteiger partial charge < -0.3 is 15.5 Å². The second-order valence-electron chi connectivity index (χ2n) is 3.71. The molecule has 0 spiro atoms. The Bertz CT molecular complexity index is 363. The Balaban J connectivity index is 2.55. The normalized spacial score (nSPS) is 14.5. The molecule has 96 valence electrons. The molecule has 1 heterocycles. The average molecular weight is 275 g/mol. The third-order valence-electron chi connectivity index (χ3n) is 2.60. The van der Waals surface area contributed by atoms with Crippen LogP contribution in [0.5, 0.6) is 0 Å². The summed E-state index contributed by atoms with van der Waals surface area (Å²) < 4.78 is 0. The minimum Gasteiger partial charge on any atom is -0.477 e. The Morgan fingerprint density at radius 3 is 2.88 bits per heavy atom. The van der Waals surface area contributed by atoms with E-state index in [1.807, 2.05) is 19.2 Å². The molecule has 3 N–H and O–H groups in total. The van der Waals surface area contributed by atoms with Crippen LogP contribution in [0, 0.1) is 0 Å². The number of aliphatic hydroxyl groups is 1. The maximum Gasteiger partial charge on any atom is 0.346 e. The molecular weight excluding hydrogens is 258 g/mol. The van der Waals surface area contributed by atoms with Gasteiger partial charge in [0.25, 0.3) is 0 Å². The molecule has 0 fully saturated rings. The maximum atomic E-state index is 10.9. The van der Waals surface area contributed by atoms with Gasteiger partial charge in [0.2, 0.25) is 0 Å². The van der Waals surface area contributed by atoms with E-state index in [4.69, 9.17) is 10.2 Å². The number of hydrogen-bond acceptors (Lipinski definition) is 5. The fourth-order valence-electron chi connectivity index (χ4n) is 1.50. The van der Waals surface area contributed by atoms with Crippen molar-refractivity contribution < 1.29 is 15.0 Å². The van der Waals surface area contributed by atoms with Crippen molar-refractivity contribution >= 4 is 29.1 Å². The van der Waals surface area contributed by atoms with Crippen molar-refractivity contribution in [2.45, 2.75) is 24.8 Å². The summed E-state index contributed by atoms with van der Waals surface area (Å²) in [5.41, 5.74) is 0.798. The summed E-state index contributed by atoms with van der Waals surface area (Å²) in [5.74, 6) is -0.881. The van der Waals surface area contributed by atoms with Crippen LogP contribution < -0.4 is 5.32 Å². The van der Waals surface area contributed by atoms with Crippen LogP contribution >= 0.6 is 23.1 Å². The summed E-state index contributed by atoms with van der Waals surface area (Å²) in [4.78, 5) is 11.3. The van der Waals surface area contributed by atoms with Gasteiger partial charge in [0.1, 0.15) is 4.88 Å². The molecule has 0 radical (unpaired) electrons. The van der Waals surface area contributed by atoms with E-state index in [-0.39, 0.29) is 17.9 Å². The van der Waals surface area contributed by atoms with Crippen LogP contribution in [0.3, 0.4) is 0 Å². The number of carbonyl (C=O) groups is 1. The first kappa shape index (κ1) is 14.5. The van der Waals surface area contributed by atoms with E-state index < -0.39 is 5.97 Å². The molecule has 17 heavy (non-hydrogen) atoms. The van der Waals surface area contributed by atoms with E-state index in [2.05, 4.69) is 5.32 Å². The van der Waals surface area contributed by atoms with Gasteiger partial charge in [-0.05, 0) is 30.2 Å². The Kier molecular flexibility index (Phi) is 5.97. The second-order valence-corrected chi connectivity index (χ2v) is 5.70. The predicted molar refractivity (Wildman–Crippen MR) is 72.0 cm³/mol. The monoisotopic (exact) mass is 275 g/mol. The molecule has 0 saturated carbocycles. The maximum absolute atomic E-state index is 10.9. The van der Waals surface area contributed by atoms with E-state index in [1.165, 1.54) is 11.3 Å². The Morgan fingerprint density at radius 2 is 2.35 bits per heavy atom. The minimum absolute atomic E-state index is 0.116. The summed E-state index contributed by atoms with van der Waals surface area (Å²) in [6.45, 7) is 2.62. The van der Waals surface area contributed by atoms with Gasteiger partial charge in [-0.2, -0.15) is 11.8 Å². The molecule has 0 amide bonds. The highest BCUT2D eigenvalue weighted by Crippen LogP contribution is 2.17. The van der Waals surface area contributed by atoms with Crippen molar-refractivity contribution in [2.75, 3.05) is 12.9 Å². The molecule has 0 aliphatic rings. The molecule has 2 atom stereocenters. The summed E-state index contributed by atoms with van der Waals surface area (Å²) in [7, 11) is 0. The number of nitrogens with one attached hydrogen (secondary N) is 1. The fraction of sp³-hybridized carbons (Fsp3) is 0.545. The van der Waals surface area contributed by atoms with Crippen molar-refractivity contribution in [3.63, 3.8) is 0 Å². The van der Waals surface area contributed by atoms with Crippen molar-refractivity contribution in [1.82, 2.24) is 5.32 Å². The van der Waals surface area contributed by atoms with Crippen molar-refractivity contribution in [3.8, 4) is 0 Å². The first-order valence-electron chi connectivity index (χ1n) is 5.26. The molecule has 0 aliphatic heterocycles. The number of hydrogen-bond donors (Lipinski definition) is 3. The third kappa shape index (κ3) is 3.99. The zero-order valence-electron chi connectivity index (χ0n) is 9.84. The van der Waals surface area contributed by atoms with E-state index in [0.29, 0.717) is 11.4 Å². The standard InChI is InChI=1S/C11H17NO3S2/c1-7(9(6-13)16-2)12-5-8-3-4-17-10(8)11(14)15/h3-4,7,9,12-13H,5-6H2,1-2H3,(H,14,15). The van der Waals surface area contributed by atoms with Gasteiger partial charge in [0.05, 0.1) is 6.61 Å². The Hall–Kier alpha value is -0.560. The van der Waals surface area contributed by atoms with Crippen LogP contribution in [0.25, 0.3) is 0 Å². The molecule has 1 aromatic rings. The molecule has 1 rings (SSSR count). The third-order valence-corrected chi connectivity index (χ3v) is 4.70. The van der Waals surface area contributed by atoms with E-state index in [9.17, 15) is 4.79 Å². The van der Waals surface area contributed by atoms with Crippen molar-refractivity contribution in [1.29, 1.82) is 0 Å². The average Bonchev–Trinajstić information content (AvgIpc) is 2.76. The van der Waals surface area contributed by atoms with Crippen LogP contribution in [0.1, 0.15) is 22.2 Å². The summed E-state index contributed by atoms with van der Waals surface area (Å²) in [6.07, 6.45) is 1.95. The zero-order chi connectivity index (χ0) is 12.8. The molecule has 0 saturated heterocycles. The van der Waals surface area contributed by atoms with Gasteiger partial charge in [-0.25, -0.2) is 4.79 Å². The van der Waals surface area contributed by atoms with Crippen LogP contribution in [0.15, 0.2) is 11.4 Å². The highest BCUT2D eigenvalue weighted by atomic mass is 32.2. The van der Waals surface area contributed by atoms with E-state index >= 15 is 0 Å². The minimum atomic E-state index is -0.881. The van der Waals surface area contributed by atoms with Gasteiger partial charge >= 0.3 is 5.97 Å². The molecule has 0 aliphatic carbocycles. The number of aliphatic hydroxyl groups excluding tert-OH is 1. The fourth-order valence-corrected chi connectivity index (χ4v) is 2.92. The van der Waals surface area contributed by atoms with Crippen LogP contribution in [-0.4, -0.2) is 40.3 Å². The van der Waals surface area contributed by atoms with E-state index in [0.717, 1.165) is 5.56 Å². The van der Waals surface area contributed by atoms with Gasteiger partial charge in [0, 0.05) is 17.8 Å². The molecule has 0 bridgehead atoms. The van der Waals surface area contributed by atoms with Crippen molar-refractivity contribution in [3.05, 3.63) is 21.9 Å². The van der Waals surface area contributed by atoms with Crippen LogP contribution in [0.2, 0.25) is 0 Å². The number of carboxylic acid groups (broad SMARTS) is 1. The molecule has 2 unspecified atom stereocenters. The molecular formula is C11H17NO3S2. The topological polar surface area (TPSA) is 69.6 Å². The molecule has 0 aromatic carbocycles. The lowest BCUT2D eigenvalue weighted by Gasteiger charge is -2.21. The SMILES string of the molecule is CSC(CO)C(C)NCc1ccsc1C(=O)O. The van der Waals surface area contributed by atoms with Gasteiger partial charge in [-0.3, -0.25) is 0 Å². The highest BCUT2D eigenvalue weighted by Gasteiger charge is 2.16. The van der Waals surface area contributed by atoms with E-state index in [1.54, 1.807) is 17.1 Å². The zero-order valence-corrected chi connectivity index (χ0v) is 11.5. The van der Waals surface area contributed by atoms with Crippen LogP contribution in [-0.2, 0) is 6.54 Å². The first-order valence-corrected chi connectivity index (χ1v) is 7.43. The summed E-state index contributed by atoms with van der Waals surface area (Å²) in [5, 5.41) is 23.3. The lowest BCUT2D eigenvalue weighted by Crippen LogP contribution is -2.37. The van der Waals surface area contributed by atoms with Gasteiger partial charge in [-0.1, -0.05) is 0 Å². The quantitative estimate of drug-likeness (QED) is 0.706. The number of thiophene rings is 1. The number of aromatic carboxylic acids is 1. The molecule has 6 heteroatoms. The lowest BCUT2D eigenvalue weighted by atomic mass is 10.2. The second kappa shape index (κ2) is 7.00. The largest absolute Gasteiger partial charge is 0.477 e. The Morgan fingerprint density at radius 1 is 1.65 bits per heavy atom. The number of rotatable bonds is 7. The summed E-state index contributed by atoms with van der Waals surface area (Å²) in [6, 6.07) is 1.96. The van der Waals surface area contributed by atoms with Crippen molar-refractivity contribution in [2.24, 2.45) is 0 Å². The smallest absolute Gasteiger partial charge is 0.346 e. The first-order chi connectivity index (χ1) is 8.10. The van der Waals surface area contributed by atoms with Gasteiger partial charge in [-0.15, -0.1) is 11.3 Å². The van der Waals surface area contributed by atoms with Crippen LogP contribution in [0.4, 0.5) is 0 Å².